The molecule has 0 radical (unpaired) electrons. The zero-order valence-electron chi connectivity index (χ0n) is 12.0. The minimum absolute atomic E-state index is 0.0950. The Labute approximate surface area is 122 Å². The summed E-state index contributed by atoms with van der Waals surface area (Å²) in [4.78, 5) is 11.9. The van der Waals surface area contributed by atoms with E-state index in [0.717, 1.165) is 0 Å². The first kappa shape index (κ1) is 17.3. The topological polar surface area (TPSA) is 56.8 Å². The van der Waals surface area contributed by atoms with E-state index in [1.165, 1.54) is 18.2 Å². The van der Waals surface area contributed by atoms with Crippen LogP contribution in [0.5, 0.6) is 5.75 Å². The van der Waals surface area contributed by atoms with E-state index in [1.807, 2.05) is 6.92 Å². The standard InChI is InChI=1S/C14H19F2NO4/c1-3-19-8-9-20-10(2)13(18)17-11-6-4-5-7-12(11)21-14(15)16/h4-7,10,14H,3,8-9H2,1-2H3,(H,17,18). The molecule has 0 aliphatic rings. The molecule has 118 valence electrons. The van der Waals surface area contributed by atoms with Gasteiger partial charge in [-0.3, -0.25) is 4.79 Å². The summed E-state index contributed by atoms with van der Waals surface area (Å²) in [7, 11) is 0. The molecule has 0 aliphatic heterocycles. The maximum atomic E-state index is 12.3. The Balaban J connectivity index is 2.53. The van der Waals surface area contributed by atoms with Crippen molar-refractivity contribution in [1.29, 1.82) is 0 Å². The fourth-order valence-electron chi connectivity index (χ4n) is 1.51. The van der Waals surface area contributed by atoms with Crippen LogP contribution in [0.2, 0.25) is 0 Å². The molecule has 0 saturated heterocycles. The van der Waals surface area contributed by atoms with Gasteiger partial charge in [-0.1, -0.05) is 12.1 Å². The Kier molecular flexibility index (Phi) is 7.63. The number of carbonyl (C=O) groups excluding carboxylic acids is 1. The van der Waals surface area contributed by atoms with Gasteiger partial charge in [0.2, 0.25) is 0 Å². The van der Waals surface area contributed by atoms with Gasteiger partial charge >= 0.3 is 6.61 Å². The summed E-state index contributed by atoms with van der Waals surface area (Å²) < 4.78 is 39.2. The molecule has 0 heterocycles. The monoisotopic (exact) mass is 303 g/mol. The summed E-state index contributed by atoms with van der Waals surface area (Å²) in [5.74, 6) is -0.542. The van der Waals surface area contributed by atoms with Crippen LogP contribution >= 0.6 is 0 Å². The summed E-state index contributed by atoms with van der Waals surface area (Å²) in [5, 5.41) is 2.49. The van der Waals surface area contributed by atoms with Crippen molar-refractivity contribution in [2.45, 2.75) is 26.6 Å². The number of amides is 1. The molecule has 1 amide bonds. The predicted molar refractivity (Wildman–Crippen MR) is 73.6 cm³/mol. The minimum atomic E-state index is -2.96. The average Bonchev–Trinajstić information content (AvgIpc) is 2.45. The molecule has 5 nitrogen and oxygen atoms in total. The summed E-state index contributed by atoms with van der Waals surface area (Å²) in [5.41, 5.74) is 0.169. The second-order valence-corrected chi connectivity index (χ2v) is 4.07. The van der Waals surface area contributed by atoms with Gasteiger partial charge in [-0.25, -0.2) is 0 Å². The second-order valence-electron chi connectivity index (χ2n) is 4.07. The number of halogens is 2. The van der Waals surface area contributed by atoms with Crippen molar-refractivity contribution >= 4 is 11.6 Å². The van der Waals surface area contributed by atoms with Crippen LogP contribution in [0.3, 0.4) is 0 Å². The first-order valence-corrected chi connectivity index (χ1v) is 6.58. The van der Waals surface area contributed by atoms with Crippen LogP contribution in [-0.2, 0) is 14.3 Å². The van der Waals surface area contributed by atoms with Crippen LogP contribution in [-0.4, -0.2) is 38.4 Å². The number of para-hydroxylation sites is 2. The molecule has 1 rings (SSSR count). The van der Waals surface area contributed by atoms with Crippen molar-refractivity contribution in [1.82, 2.24) is 0 Å². The van der Waals surface area contributed by atoms with Crippen molar-refractivity contribution in [2.75, 3.05) is 25.1 Å². The van der Waals surface area contributed by atoms with Crippen LogP contribution in [0, 0.1) is 0 Å². The number of rotatable bonds is 9. The number of hydrogen-bond donors (Lipinski definition) is 1. The van der Waals surface area contributed by atoms with Gasteiger partial charge in [0.25, 0.3) is 5.91 Å². The largest absolute Gasteiger partial charge is 0.433 e. The van der Waals surface area contributed by atoms with Crippen molar-refractivity contribution in [3.05, 3.63) is 24.3 Å². The van der Waals surface area contributed by atoms with Gasteiger partial charge in [0.15, 0.2) is 0 Å². The van der Waals surface area contributed by atoms with Crippen molar-refractivity contribution in [3.63, 3.8) is 0 Å². The molecule has 1 aromatic carbocycles. The van der Waals surface area contributed by atoms with E-state index in [4.69, 9.17) is 9.47 Å². The first-order valence-electron chi connectivity index (χ1n) is 6.58. The molecular formula is C14H19F2NO4. The maximum absolute atomic E-state index is 12.3. The molecule has 1 unspecified atom stereocenters. The summed E-state index contributed by atoms with van der Waals surface area (Å²) >= 11 is 0. The van der Waals surface area contributed by atoms with Gasteiger partial charge < -0.3 is 19.5 Å². The van der Waals surface area contributed by atoms with E-state index in [0.29, 0.717) is 13.2 Å². The molecule has 0 saturated carbocycles. The van der Waals surface area contributed by atoms with Gasteiger partial charge in [0.05, 0.1) is 18.9 Å². The maximum Gasteiger partial charge on any atom is 0.387 e. The zero-order valence-corrected chi connectivity index (χ0v) is 12.0. The molecule has 0 aromatic heterocycles. The molecule has 1 aromatic rings. The smallest absolute Gasteiger partial charge is 0.387 e. The number of nitrogens with one attached hydrogen (secondary N) is 1. The number of alkyl halides is 2. The van der Waals surface area contributed by atoms with Gasteiger partial charge in [-0.2, -0.15) is 8.78 Å². The van der Waals surface area contributed by atoms with E-state index in [-0.39, 0.29) is 18.0 Å². The van der Waals surface area contributed by atoms with E-state index in [1.54, 1.807) is 13.0 Å². The third-order valence-electron chi connectivity index (χ3n) is 2.53. The van der Waals surface area contributed by atoms with E-state index in [9.17, 15) is 13.6 Å². The predicted octanol–water partition coefficient (Wildman–Crippen LogP) is 2.67. The van der Waals surface area contributed by atoms with Crippen molar-refractivity contribution in [3.8, 4) is 5.75 Å². The fraction of sp³-hybridized carbons (Fsp3) is 0.500. The van der Waals surface area contributed by atoms with Crippen LogP contribution in [0.15, 0.2) is 24.3 Å². The van der Waals surface area contributed by atoms with E-state index in [2.05, 4.69) is 10.1 Å². The van der Waals surface area contributed by atoms with E-state index >= 15 is 0 Å². The van der Waals surface area contributed by atoms with Crippen molar-refractivity contribution < 1.29 is 27.8 Å². The molecular weight excluding hydrogens is 284 g/mol. The third-order valence-corrected chi connectivity index (χ3v) is 2.53. The normalized spacial score (nSPS) is 12.2. The summed E-state index contributed by atoms with van der Waals surface area (Å²) in [6, 6.07) is 5.97. The molecule has 7 heteroatoms. The van der Waals surface area contributed by atoms with Crippen molar-refractivity contribution in [2.24, 2.45) is 0 Å². The number of benzene rings is 1. The Bertz CT molecular complexity index is 443. The number of ether oxygens (including phenoxy) is 3. The second kappa shape index (κ2) is 9.25. The SMILES string of the molecule is CCOCCOC(C)C(=O)Nc1ccccc1OC(F)F. The lowest BCUT2D eigenvalue weighted by molar-refractivity contribution is -0.127. The molecule has 1 N–H and O–H groups in total. The minimum Gasteiger partial charge on any atom is -0.433 e. The zero-order chi connectivity index (χ0) is 15.7. The fourth-order valence-corrected chi connectivity index (χ4v) is 1.51. The Morgan fingerprint density at radius 3 is 2.67 bits per heavy atom. The van der Waals surface area contributed by atoms with Gasteiger partial charge in [0, 0.05) is 6.61 Å². The van der Waals surface area contributed by atoms with Crippen LogP contribution in [0.4, 0.5) is 14.5 Å². The molecule has 0 fully saturated rings. The lowest BCUT2D eigenvalue weighted by Gasteiger charge is -2.15. The lowest BCUT2D eigenvalue weighted by Crippen LogP contribution is -2.29. The van der Waals surface area contributed by atoms with Gasteiger partial charge in [0.1, 0.15) is 11.9 Å². The highest BCUT2D eigenvalue weighted by molar-refractivity contribution is 5.95. The van der Waals surface area contributed by atoms with Gasteiger partial charge in [-0.15, -0.1) is 0 Å². The molecule has 0 bridgehead atoms. The number of carbonyl (C=O) groups is 1. The number of hydrogen-bond acceptors (Lipinski definition) is 4. The highest BCUT2D eigenvalue weighted by Gasteiger charge is 2.16. The third kappa shape index (κ3) is 6.50. The lowest BCUT2D eigenvalue weighted by atomic mass is 10.2. The number of anilines is 1. The van der Waals surface area contributed by atoms with Gasteiger partial charge in [-0.05, 0) is 26.0 Å². The molecule has 1 atom stereocenters. The van der Waals surface area contributed by atoms with Crippen LogP contribution in [0.1, 0.15) is 13.8 Å². The summed E-state index contributed by atoms with van der Waals surface area (Å²) in [6.45, 7) is 1.70. The van der Waals surface area contributed by atoms with Crippen LogP contribution < -0.4 is 10.1 Å². The average molecular weight is 303 g/mol. The first-order chi connectivity index (χ1) is 10.0. The molecule has 0 spiro atoms. The van der Waals surface area contributed by atoms with Crippen LogP contribution in [0.25, 0.3) is 0 Å². The Morgan fingerprint density at radius 1 is 1.29 bits per heavy atom. The quantitative estimate of drug-likeness (QED) is 0.713. The van der Waals surface area contributed by atoms with E-state index < -0.39 is 18.6 Å². The Hall–Kier alpha value is -1.73. The molecule has 21 heavy (non-hydrogen) atoms. The highest BCUT2D eigenvalue weighted by Crippen LogP contribution is 2.25. The highest BCUT2D eigenvalue weighted by atomic mass is 19.3. The summed E-state index contributed by atoms with van der Waals surface area (Å²) in [6.07, 6.45) is -0.731. The molecule has 0 aliphatic carbocycles. The Morgan fingerprint density at radius 2 is 2.00 bits per heavy atom.